The lowest BCUT2D eigenvalue weighted by Gasteiger charge is -2.34. The number of hydrogen-bond acceptors (Lipinski definition) is 5. The fourth-order valence-electron chi connectivity index (χ4n) is 4.33. The Morgan fingerprint density at radius 2 is 1.73 bits per heavy atom. The lowest BCUT2D eigenvalue weighted by molar-refractivity contribution is -0.142. The van der Waals surface area contributed by atoms with Gasteiger partial charge in [-0.3, -0.25) is 9.69 Å². The summed E-state index contributed by atoms with van der Waals surface area (Å²) in [7, 11) is 1.51. The molecular formula is C26H23BrF3N5O2. The maximum absolute atomic E-state index is 13.9. The number of aromatic nitrogens is 3. The van der Waals surface area contributed by atoms with E-state index in [0.717, 1.165) is 22.6 Å². The number of alkyl halides is 3. The average molecular weight is 574 g/mol. The van der Waals surface area contributed by atoms with Crippen LogP contribution in [0.3, 0.4) is 0 Å². The van der Waals surface area contributed by atoms with Crippen LogP contribution in [0.4, 0.5) is 13.2 Å². The van der Waals surface area contributed by atoms with Crippen molar-refractivity contribution in [2.24, 2.45) is 0 Å². The molecule has 1 aliphatic heterocycles. The molecule has 0 radical (unpaired) electrons. The van der Waals surface area contributed by atoms with Gasteiger partial charge in [0.05, 0.1) is 12.8 Å². The molecule has 37 heavy (non-hydrogen) atoms. The normalized spacial score (nSPS) is 14.8. The minimum absolute atomic E-state index is 0.0449. The second-order valence-electron chi connectivity index (χ2n) is 8.71. The van der Waals surface area contributed by atoms with E-state index in [4.69, 9.17) is 4.74 Å². The summed E-state index contributed by atoms with van der Waals surface area (Å²) < 4.78 is 48.7. The van der Waals surface area contributed by atoms with Crippen molar-refractivity contribution in [3.8, 4) is 17.0 Å². The van der Waals surface area contributed by atoms with Crippen molar-refractivity contribution in [3.63, 3.8) is 0 Å². The van der Waals surface area contributed by atoms with E-state index in [1.165, 1.54) is 13.2 Å². The number of ether oxygens (including phenoxy) is 1. The van der Waals surface area contributed by atoms with Crippen LogP contribution in [0, 0.1) is 0 Å². The van der Waals surface area contributed by atoms with Crippen molar-refractivity contribution in [2.45, 2.75) is 12.7 Å². The molecule has 0 spiro atoms. The summed E-state index contributed by atoms with van der Waals surface area (Å²) in [5.41, 5.74) is 0.661. The van der Waals surface area contributed by atoms with E-state index in [9.17, 15) is 18.0 Å². The lowest BCUT2D eigenvalue weighted by Crippen LogP contribution is -2.48. The number of methoxy groups -OCH3 is 1. The van der Waals surface area contributed by atoms with Gasteiger partial charge in [-0.15, -0.1) is 0 Å². The highest BCUT2D eigenvalue weighted by molar-refractivity contribution is 9.10. The second-order valence-corrected chi connectivity index (χ2v) is 9.57. The number of halogens is 4. The first-order valence-corrected chi connectivity index (χ1v) is 12.4. The van der Waals surface area contributed by atoms with Gasteiger partial charge < -0.3 is 9.64 Å². The number of carbonyl (C=O) groups excluding carboxylic acids is 1. The smallest absolute Gasteiger partial charge is 0.433 e. The summed E-state index contributed by atoms with van der Waals surface area (Å²) in [4.78, 5) is 21.4. The van der Waals surface area contributed by atoms with Crippen LogP contribution in [0.2, 0.25) is 0 Å². The quantitative estimate of drug-likeness (QED) is 0.330. The Labute approximate surface area is 219 Å². The maximum Gasteiger partial charge on any atom is 0.433 e. The Balaban J connectivity index is 1.37. The van der Waals surface area contributed by atoms with Gasteiger partial charge in [0, 0.05) is 48.8 Å². The molecule has 11 heteroatoms. The number of fused-ring (bicyclic) bond motifs is 1. The van der Waals surface area contributed by atoms with Gasteiger partial charge in [-0.25, -0.2) is 9.50 Å². The third-order valence-electron chi connectivity index (χ3n) is 6.33. The summed E-state index contributed by atoms with van der Waals surface area (Å²) in [6, 6.07) is 16.8. The standard InChI is InChI=1S/C26H23BrF3N5O2/c1-37-19-8-6-17(7-9-19)21-14-23(26(28,29)30)35-24(31-21)15-22(32-35)25(36)34-12-10-33(11-13-34)16-18-4-2-3-5-20(18)27/h2-9,14-15H,10-13,16H2,1H3. The molecular weight excluding hydrogens is 551 g/mol. The van der Waals surface area contributed by atoms with Crippen LogP contribution in [0.5, 0.6) is 5.75 Å². The van der Waals surface area contributed by atoms with Crippen LogP contribution in [0.1, 0.15) is 21.7 Å². The zero-order valence-corrected chi connectivity index (χ0v) is 21.5. The minimum Gasteiger partial charge on any atom is -0.497 e. The first-order chi connectivity index (χ1) is 17.7. The molecule has 1 aliphatic rings. The molecule has 0 unspecified atom stereocenters. The number of amides is 1. The summed E-state index contributed by atoms with van der Waals surface area (Å²) in [5.74, 6) is 0.166. The van der Waals surface area contributed by atoms with Gasteiger partial charge >= 0.3 is 6.18 Å². The van der Waals surface area contributed by atoms with Crippen LogP contribution < -0.4 is 4.74 Å². The van der Waals surface area contributed by atoms with Gasteiger partial charge in [0.2, 0.25) is 0 Å². The Kier molecular flexibility index (Phi) is 6.91. The fraction of sp³-hybridized carbons (Fsp3) is 0.269. The Bertz CT molecular complexity index is 1430. The predicted octanol–water partition coefficient (Wildman–Crippen LogP) is 5.14. The molecule has 0 saturated carbocycles. The van der Waals surface area contributed by atoms with E-state index in [2.05, 4.69) is 30.9 Å². The highest BCUT2D eigenvalue weighted by Gasteiger charge is 2.36. The second kappa shape index (κ2) is 10.1. The van der Waals surface area contributed by atoms with Crippen LogP contribution in [-0.4, -0.2) is 63.6 Å². The van der Waals surface area contributed by atoms with Gasteiger partial charge in [-0.05, 0) is 42.0 Å². The zero-order valence-electron chi connectivity index (χ0n) is 19.9. The van der Waals surface area contributed by atoms with E-state index in [0.29, 0.717) is 42.0 Å². The first-order valence-electron chi connectivity index (χ1n) is 11.6. The largest absolute Gasteiger partial charge is 0.497 e. The zero-order chi connectivity index (χ0) is 26.2. The van der Waals surface area contributed by atoms with Gasteiger partial charge in [-0.1, -0.05) is 34.1 Å². The number of rotatable bonds is 5. The van der Waals surface area contributed by atoms with Crippen molar-refractivity contribution in [1.29, 1.82) is 0 Å². The van der Waals surface area contributed by atoms with Crippen molar-refractivity contribution < 1.29 is 22.7 Å². The summed E-state index contributed by atoms with van der Waals surface area (Å²) in [6.07, 6.45) is -4.69. The first kappa shape index (κ1) is 25.2. The van der Waals surface area contributed by atoms with Gasteiger partial charge in [0.15, 0.2) is 17.0 Å². The Hall–Kier alpha value is -3.44. The average Bonchev–Trinajstić information content (AvgIpc) is 3.33. The Morgan fingerprint density at radius 1 is 1.03 bits per heavy atom. The van der Waals surface area contributed by atoms with Crippen LogP contribution >= 0.6 is 15.9 Å². The van der Waals surface area contributed by atoms with Crippen LogP contribution in [0.15, 0.2) is 65.1 Å². The highest BCUT2D eigenvalue weighted by atomic mass is 79.9. The number of piperazine rings is 1. The fourth-order valence-corrected chi connectivity index (χ4v) is 4.74. The Morgan fingerprint density at radius 3 is 2.38 bits per heavy atom. The molecule has 0 aliphatic carbocycles. The third kappa shape index (κ3) is 5.33. The molecule has 1 fully saturated rings. The summed E-state index contributed by atoms with van der Waals surface area (Å²) >= 11 is 3.56. The lowest BCUT2D eigenvalue weighted by atomic mass is 10.1. The third-order valence-corrected chi connectivity index (χ3v) is 7.11. The molecule has 5 rings (SSSR count). The predicted molar refractivity (Wildman–Crippen MR) is 135 cm³/mol. The molecule has 7 nitrogen and oxygen atoms in total. The number of hydrogen-bond donors (Lipinski definition) is 0. The molecule has 3 heterocycles. The monoisotopic (exact) mass is 573 g/mol. The maximum atomic E-state index is 13.9. The van der Waals surface area contributed by atoms with E-state index in [-0.39, 0.29) is 17.0 Å². The van der Waals surface area contributed by atoms with E-state index in [1.54, 1.807) is 29.2 Å². The van der Waals surface area contributed by atoms with Crippen molar-refractivity contribution in [3.05, 3.63) is 82.1 Å². The van der Waals surface area contributed by atoms with Gasteiger partial charge in [-0.2, -0.15) is 18.3 Å². The summed E-state index contributed by atoms with van der Waals surface area (Å²) in [6.45, 7) is 2.94. The van der Waals surface area contributed by atoms with E-state index in [1.807, 2.05) is 24.3 Å². The molecule has 192 valence electrons. The SMILES string of the molecule is COc1ccc(-c2cc(C(F)(F)F)n3nc(C(=O)N4CCN(Cc5ccccc5Br)CC4)cc3n2)cc1. The molecule has 1 amide bonds. The number of nitrogens with zero attached hydrogens (tertiary/aromatic N) is 5. The van der Waals surface area contributed by atoms with Gasteiger partial charge in [0.1, 0.15) is 5.75 Å². The van der Waals surface area contributed by atoms with Crippen LogP contribution in [0.25, 0.3) is 16.9 Å². The molecule has 2 aromatic carbocycles. The molecule has 0 N–H and O–H groups in total. The van der Waals surface area contributed by atoms with E-state index >= 15 is 0 Å². The highest BCUT2D eigenvalue weighted by Crippen LogP contribution is 2.33. The molecule has 0 bridgehead atoms. The van der Waals surface area contributed by atoms with Crippen molar-refractivity contribution in [2.75, 3.05) is 33.3 Å². The van der Waals surface area contributed by atoms with Gasteiger partial charge in [0.25, 0.3) is 5.91 Å². The number of carbonyl (C=O) groups is 1. The van der Waals surface area contributed by atoms with E-state index < -0.39 is 17.8 Å². The molecule has 1 saturated heterocycles. The molecule has 0 atom stereocenters. The minimum atomic E-state index is -4.69. The molecule has 4 aromatic rings. The van der Waals surface area contributed by atoms with Crippen molar-refractivity contribution >= 4 is 27.5 Å². The molecule has 2 aromatic heterocycles. The van der Waals surface area contributed by atoms with Crippen molar-refractivity contribution in [1.82, 2.24) is 24.4 Å². The van der Waals surface area contributed by atoms with Crippen LogP contribution in [-0.2, 0) is 12.7 Å². The topological polar surface area (TPSA) is 63.0 Å². The number of benzene rings is 2. The summed E-state index contributed by atoms with van der Waals surface area (Å²) in [5, 5.41) is 4.02.